The van der Waals surface area contributed by atoms with Gasteiger partial charge in [-0.25, -0.2) is 0 Å². The van der Waals surface area contributed by atoms with Crippen LogP contribution in [0.3, 0.4) is 0 Å². The van der Waals surface area contributed by atoms with Crippen molar-refractivity contribution < 1.29 is 15.0 Å². The average molecular weight is 280 g/mol. The summed E-state index contributed by atoms with van der Waals surface area (Å²) in [5, 5.41) is 19.9. The summed E-state index contributed by atoms with van der Waals surface area (Å²) < 4.78 is 0. The van der Waals surface area contributed by atoms with E-state index in [2.05, 4.69) is 6.92 Å². The summed E-state index contributed by atoms with van der Waals surface area (Å²) >= 11 is 0. The van der Waals surface area contributed by atoms with Gasteiger partial charge in [0.15, 0.2) is 5.78 Å². The molecular weight excluding hydrogens is 252 g/mol. The maximum atomic E-state index is 11.8. The highest BCUT2D eigenvalue weighted by molar-refractivity contribution is 5.95. The van der Waals surface area contributed by atoms with Gasteiger partial charge in [0.05, 0.1) is 18.1 Å². The number of unbranched alkanes of at least 4 members (excludes halogenated alkanes) is 2. The van der Waals surface area contributed by atoms with E-state index in [9.17, 15) is 15.0 Å². The molecule has 0 amide bonds. The third-order valence-electron chi connectivity index (χ3n) is 3.88. The van der Waals surface area contributed by atoms with Crippen LogP contribution >= 0.6 is 0 Å². The van der Waals surface area contributed by atoms with E-state index in [1.54, 1.807) is 12.2 Å². The van der Waals surface area contributed by atoms with Crippen LogP contribution in [0.4, 0.5) is 0 Å². The summed E-state index contributed by atoms with van der Waals surface area (Å²) in [5.74, 6) is -0.444. The average Bonchev–Trinajstić information content (AvgIpc) is 2.78. The number of aliphatic hydroxyl groups excluding tert-OH is 2. The third kappa shape index (κ3) is 5.22. The molecule has 1 rings (SSSR count). The first-order valence-electron chi connectivity index (χ1n) is 7.86. The SMILES string of the molecule is CCCCCC(O)/C=C/C1C=CC(=O)C1C(O)CCC. The maximum Gasteiger partial charge on any atom is 0.161 e. The summed E-state index contributed by atoms with van der Waals surface area (Å²) in [6, 6.07) is 0. The highest BCUT2D eigenvalue weighted by Gasteiger charge is 2.33. The number of rotatable bonds is 9. The standard InChI is InChI=1S/C17H28O3/c1-3-5-6-8-14(18)11-9-13-10-12-16(20)17(13)15(19)7-4-2/h9-15,17-19H,3-8H2,1-2H3/b11-9+. The summed E-state index contributed by atoms with van der Waals surface area (Å²) in [6.07, 6.45) is 11.6. The van der Waals surface area contributed by atoms with E-state index in [0.29, 0.717) is 6.42 Å². The smallest absolute Gasteiger partial charge is 0.161 e. The van der Waals surface area contributed by atoms with Gasteiger partial charge in [0.25, 0.3) is 0 Å². The van der Waals surface area contributed by atoms with Crippen LogP contribution in [0.15, 0.2) is 24.3 Å². The first-order chi connectivity index (χ1) is 9.60. The van der Waals surface area contributed by atoms with Crippen LogP contribution in [-0.4, -0.2) is 28.2 Å². The van der Waals surface area contributed by atoms with Crippen LogP contribution in [0.1, 0.15) is 52.4 Å². The zero-order valence-electron chi connectivity index (χ0n) is 12.7. The van der Waals surface area contributed by atoms with Crippen molar-refractivity contribution in [2.45, 2.75) is 64.6 Å². The number of ketones is 1. The summed E-state index contributed by atoms with van der Waals surface area (Å²) in [4.78, 5) is 11.8. The second-order valence-corrected chi connectivity index (χ2v) is 5.67. The van der Waals surface area contributed by atoms with Crippen LogP contribution in [0.2, 0.25) is 0 Å². The van der Waals surface area contributed by atoms with Gasteiger partial charge >= 0.3 is 0 Å². The fraction of sp³-hybridized carbons (Fsp3) is 0.706. The van der Waals surface area contributed by atoms with Crippen LogP contribution in [0.5, 0.6) is 0 Å². The molecule has 0 aromatic carbocycles. The first kappa shape index (κ1) is 17.1. The van der Waals surface area contributed by atoms with Crippen molar-refractivity contribution in [2.24, 2.45) is 11.8 Å². The molecule has 2 N–H and O–H groups in total. The first-order valence-corrected chi connectivity index (χ1v) is 7.86. The molecule has 3 heteroatoms. The Morgan fingerprint density at radius 1 is 1.20 bits per heavy atom. The summed E-state index contributed by atoms with van der Waals surface area (Å²) in [6.45, 7) is 4.13. The molecule has 20 heavy (non-hydrogen) atoms. The molecule has 0 fully saturated rings. The van der Waals surface area contributed by atoms with Crippen molar-refractivity contribution in [2.75, 3.05) is 0 Å². The Labute approximate surface area is 122 Å². The molecule has 1 aliphatic rings. The summed E-state index contributed by atoms with van der Waals surface area (Å²) in [5.41, 5.74) is 0. The fourth-order valence-electron chi connectivity index (χ4n) is 2.69. The highest BCUT2D eigenvalue weighted by Crippen LogP contribution is 2.29. The van der Waals surface area contributed by atoms with Crippen LogP contribution in [0.25, 0.3) is 0 Å². The molecule has 0 radical (unpaired) electrons. The van der Waals surface area contributed by atoms with E-state index in [1.165, 1.54) is 0 Å². The Hall–Kier alpha value is -0.930. The lowest BCUT2D eigenvalue weighted by Crippen LogP contribution is -2.29. The van der Waals surface area contributed by atoms with E-state index >= 15 is 0 Å². The zero-order chi connectivity index (χ0) is 15.0. The van der Waals surface area contributed by atoms with Crippen molar-refractivity contribution in [3.05, 3.63) is 24.3 Å². The molecule has 4 atom stereocenters. The topological polar surface area (TPSA) is 57.5 Å². The van der Waals surface area contributed by atoms with Gasteiger partial charge in [-0.05, 0) is 18.9 Å². The molecule has 114 valence electrons. The molecule has 1 aliphatic carbocycles. The normalized spacial score (nSPS) is 25.5. The molecule has 0 spiro atoms. The Bertz CT molecular complexity index is 346. The molecule has 0 heterocycles. The Morgan fingerprint density at radius 3 is 2.60 bits per heavy atom. The third-order valence-corrected chi connectivity index (χ3v) is 3.88. The predicted octanol–water partition coefficient (Wildman–Crippen LogP) is 3.02. The molecule has 0 aliphatic heterocycles. The Balaban J connectivity index is 2.51. The van der Waals surface area contributed by atoms with Crippen molar-refractivity contribution in [3.63, 3.8) is 0 Å². The number of carbonyl (C=O) groups excluding carboxylic acids is 1. The van der Waals surface area contributed by atoms with E-state index < -0.39 is 12.2 Å². The van der Waals surface area contributed by atoms with Crippen molar-refractivity contribution in [1.82, 2.24) is 0 Å². The van der Waals surface area contributed by atoms with Gasteiger partial charge in [0, 0.05) is 5.92 Å². The second kappa shape index (κ2) is 9.09. The number of hydrogen-bond acceptors (Lipinski definition) is 3. The lowest BCUT2D eigenvalue weighted by Gasteiger charge is -2.21. The fourth-order valence-corrected chi connectivity index (χ4v) is 2.69. The van der Waals surface area contributed by atoms with Gasteiger partial charge in [-0.1, -0.05) is 57.8 Å². The molecule has 0 aromatic rings. The molecule has 3 nitrogen and oxygen atoms in total. The number of carbonyl (C=O) groups is 1. The van der Waals surface area contributed by atoms with Crippen molar-refractivity contribution in [3.8, 4) is 0 Å². The van der Waals surface area contributed by atoms with Gasteiger partial charge < -0.3 is 10.2 Å². The van der Waals surface area contributed by atoms with Crippen LogP contribution in [0, 0.1) is 11.8 Å². The number of hydrogen-bond donors (Lipinski definition) is 2. The highest BCUT2D eigenvalue weighted by atomic mass is 16.3. The van der Waals surface area contributed by atoms with Crippen molar-refractivity contribution in [1.29, 1.82) is 0 Å². The molecular formula is C17H28O3. The van der Waals surface area contributed by atoms with Gasteiger partial charge in [-0.3, -0.25) is 4.79 Å². The van der Waals surface area contributed by atoms with E-state index in [0.717, 1.165) is 32.1 Å². The molecule has 0 saturated heterocycles. The monoisotopic (exact) mass is 280 g/mol. The van der Waals surface area contributed by atoms with Crippen LogP contribution in [-0.2, 0) is 4.79 Å². The van der Waals surface area contributed by atoms with E-state index in [-0.39, 0.29) is 17.6 Å². The minimum atomic E-state index is -0.589. The van der Waals surface area contributed by atoms with Crippen LogP contribution < -0.4 is 0 Å². The molecule has 0 bridgehead atoms. The Morgan fingerprint density at radius 2 is 1.95 bits per heavy atom. The maximum absolute atomic E-state index is 11.8. The predicted molar refractivity (Wildman–Crippen MR) is 81.3 cm³/mol. The lowest BCUT2D eigenvalue weighted by atomic mass is 9.86. The summed E-state index contributed by atoms with van der Waals surface area (Å²) in [7, 11) is 0. The minimum absolute atomic E-state index is 0.000993. The zero-order valence-corrected chi connectivity index (χ0v) is 12.7. The molecule has 0 aromatic heterocycles. The Kier molecular flexibility index (Phi) is 7.78. The van der Waals surface area contributed by atoms with Gasteiger partial charge in [0.1, 0.15) is 0 Å². The van der Waals surface area contributed by atoms with Gasteiger partial charge in [-0.2, -0.15) is 0 Å². The molecule has 0 saturated carbocycles. The van der Waals surface area contributed by atoms with Crippen molar-refractivity contribution >= 4 is 5.78 Å². The van der Waals surface area contributed by atoms with Gasteiger partial charge in [0.2, 0.25) is 0 Å². The largest absolute Gasteiger partial charge is 0.392 e. The minimum Gasteiger partial charge on any atom is -0.392 e. The second-order valence-electron chi connectivity index (χ2n) is 5.67. The number of allylic oxidation sites excluding steroid dienone is 3. The van der Waals surface area contributed by atoms with Gasteiger partial charge in [-0.15, -0.1) is 0 Å². The van der Waals surface area contributed by atoms with E-state index in [4.69, 9.17) is 0 Å². The van der Waals surface area contributed by atoms with E-state index in [1.807, 2.05) is 19.1 Å². The lowest BCUT2D eigenvalue weighted by molar-refractivity contribution is -0.121. The number of aliphatic hydroxyl groups is 2. The quantitative estimate of drug-likeness (QED) is 0.504. The molecule has 4 unspecified atom stereocenters.